The van der Waals surface area contributed by atoms with Gasteiger partial charge in [0.1, 0.15) is 12.1 Å². The number of aliphatic carboxylic acids is 1. The fourth-order valence-corrected chi connectivity index (χ4v) is 2.02. The molecule has 12 heteroatoms. The van der Waals surface area contributed by atoms with Gasteiger partial charge < -0.3 is 37.6 Å². The van der Waals surface area contributed by atoms with Crippen LogP contribution in [0.25, 0.3) is 0 Å². The maximum Gasteiger partial charge on any atom is 0.326 e. The molecule has 0 bridgehead atoms. The van der Waals surface area contributed by atoms with Crippen LogP contribution in [0.2, 0.25) is 0 Å². The largest absolute Gasteiger partial charge is 0.480 e. The van der Waals surface area contributed by atoms with Gasteiger partial charge in [-0.3, -0.25) is 19.2 Å². The number of rotatable bonds is 12. The molecule has 0 aliphatic carbocycles. The van der Waals surface area contributed by atoms with Crippen molar-refractivity contribution in [2.24, 2.45) is 17.4 Å². The Bertz CT molecular complexity index is 594. The summed E-state index contributed by atoms with van der Waals surface area (Å²) in [7, 11) is 0. The molecule has 28 heavy (non-hydrogen) atoms. The molecule has 160 valence electrons. The Labute approximate surface area is 162 Å². The number of carbonyl (C=O) groups excluding carboxylic acids is 4. The van der Waals surface area contributed by atoms with Crippen LogP contribution in [0, 0.1) is 5.92 Å². The van der Waals surface area contributed by atoms with E-state index in [0.717, 1.165) is 0 Å². The van der Waals surface area contributed by atoms with Crippen molar-refractivity contribution in [3.05, 3.63) is 0 Å². The predicted molar refractivity (Wildman–Crippen MR) is 97.4 cm³/mol. The Morgan fingerprint density at radius 3 is 2.00 bits per heavy atom. The van der Waals surface area contributed by atoms with E-state index in [1.165, 1.54) is 6.92 Å². The van der Waals surface area contributed by atoms with E-state index in [9.17, 15) is 29.1 Å². The molecule has 0 radical (unpaired) electrons. The molecule has 0 spiro atoms. The highest BCUT2D eigenvalue weighted by Crippen LogP contribution is 2.01. The van der Waals surface area contributed by atoms with Crippen LogP contribution in [0.5, 0.6) is 0 Å². The van der Waals surface area contributed by atoms with Crippen molar-refractivity contribution in [3.63, 3.8) is 0 Å². The summed E-state index contributed by atoms with van der Waals surface area (Å²) >= 11 is 0. The molecule has 0 aliphatic heterocycles. The molecule has 0 heterocycles. The van der Waals surface area contributed by atoms with E-state index >= 15 is 0 Å². The second-order valence-electron chi connectivity index (χ2n) is 6.68. The van der Waals surface area contributed by atoms with Crippen LogP contribution in [-0.4, -0.2) is 70.6 Å². The van der Waals surface area contributed by atoms with Gasteiger partial charge in [-0.2, -0.15) is 0 Å². The van der Waals surface area contributed by atoms with Gasteiger partial charge in [-0.25, -0.2) is 4.79 Å². The summed E-state index contributed by atoms with van der Waals surface area (Å²) in [6.07, 6.45) is -1.88. The molecule has 4 unspecified atom stereocenters. The Kier molecular flexibility index (Phi) is 10.7. The highest BCUT2D eigenvalue weighted by molar-refractivity contribution is 5.93. The lowest BCUT2D eigenvalue weighted by atomic mass is 10.1. The molecule has 0 saturated heterocycles. The number of carboxylic acids is 1. The van der Waals surface area contributed by atoms with Crippen molar-refractivity contribution < 1.29 is 34.2 Å². The number of carboxylic acid groups (broad SMARTS) is 1. The summed E-state index contributed by atoms with van der Waals surface area (Å²) in [5, 5.41) is 25.5. The molecule has 0 aromatic carbocycles. The lowest BCUT2D eigenvalue weighted by Crippen LogP contribution is -2.57. The summed E-state index contributed by atoms with van der Waals surface area (Å²) < 4.78 is 0. The smallest absolute Gasteiger partial charge is 0.326 e. The van der Waals surface area contributed by atoms with E-state index in [1.807, 2.05) is 0 Å². The number of aliphatic hydroxyl groups is 1. The van der Waals surface area contributed by atoms with Crippen molar-refractivity contribution in [2.75, 3.05) is 6.54 Å². The molecule has 0 rings (SSSR count). The monoisotopic (exact) mass is 403 g/mol. The molecular weight excluding hydrogens is 374 g/mol. The van der Waals surface area contributed by atoms with Gasteiger partial charge in [0.25, 0.3) is 0 Å². The van der Waals surface area contributed by atoms with Gasteiger partial charge in [-0.1, -0.05) is 13.8 Å². The maximum absolute atomic E-state index is 12.2. The second kappa shape index (κ2) is 11.9. The van der Waals surface area contributed by atoms with Gasteiger partial charge in [0.05, 0.1) is 18.7 Å². The average molecular weight is 403 g/mol. The molecule has 9 N–H and O–H groups in total. The van der Waals surface area contributed by atoms with Crippen LogP contribution in [0.3, 0.4) is 0 Å². The van der Waals surface area contributed by atoms with Gasteiger partial charge >= 0.3 is 5.97 Å². The van der Waals surface area contributed by atoms with Crippen molar-refractivity contribution in [2.45, 2.75) is 57.8 Å². The summed E-state index contributed by atoms with van der Waals surface area (Å²) in [5.41, 5.74) is 10.6. The van der Waals surface area contributed by atoms with Crippen molar-refractivity contribution >= 4 is 29.6 Å². The van der Waals surface area contributed by atoms with Gasteiger partial charge in [-0.15, -0.1) is 0 Å². The first-order valence-electron chi connectivity index (χ1n) is 8.69. The third kappa shape index (κ3) is 9.28. The predicted octanol–water partition coefficient (Wildman–Crippen LogP) is -3.21. The van der Waals surface area contributed by atoms with Crippen LogP contribution >= 0.6 is 0 Å². The van der Waals surface area contributed by atoms with E-state index in [-0.39, 0.29) is 18.8 Å². The highest BCUT2D eigenvalue weighted by Gasteiger charge is 2.30. The number of aliphatic hydroxyl groups excluding tert-OH is 1. The van der Waals surface area contributed by atoms with E-state index in [0.29, 0.717) is 0 Å². The lowest BCUT2D eigenvalue weighted by Gasteiger charge is -2.23. The van der Waals surface area contributed by atoms with Crippen LogP contribution in [0.15, 0.2) is 0 Å². The molecule has 12 nitrogen and oxygen atoms in total. The first-order chi connectivity index (χ1) is 12.9. The minimum Gasteiger partial charge on any atom is -0.480 e. The number of nitrogens with one attached hydrogen (secondary N) is 3. The Balaban J connectivity index is 4.85. The van der Waals surface area contributed by atoms with Gasteiger partial charge in [0, 0.05) is 6.42 Å². The fraction of sp³-hybridized carbons (Fsp3) is 0.688. The molecule has 4 atom stereocenters. The van der Waals surface area contributed by atoms with Crippen molar-refractivity contribution in [3.8, 4) is 0 Å². The molecule has 0 fully saturated rings. The zero-order valence-electron chi connectivity index (χ0n) is 16.1. The highest BCUT2D eigenvalue weighted by atomic mass is 16.4. The van der Waals surface area contributed by atoms with Gasteiger partial charge in [-0.05, 0) is 19.3 Å². The van der Waals surface area contributed by atoms with E-state index < -0.39 is 60.4 Å². The van der Waals surface area contributed by atoms with Gasteiger partial charge in [0.2, 0.25) is 23.6 Å². The zero-order valence-corrected chi connectivity index (χ0v) is 16.1. The minimum absolute atomic E-state index is 0.146. The second-order valence-corrected chi connectivity index (χ2v) is 6.68. The average Bonchev–Trinajstić information content (AvgIpc) is 2.59. The molecule has 0 aliphatic rings. The molecule has 0 aromatic heterocycles. The third-order valence-electron chi connectivity index (χ3n) is 3.82. The number of hydrogen-bond donors (Lipinski definition) is 7. The summed E-state index contributed by atoms with van der Waals surface area (Å²) in [6.45, 7) is 4.20. The normalized spacial score (nSPS) is 15.1. The van der Waals surface area contributed by atoms with E-state index in [4.69, 9.17) is 16.6 Å². The number of carbonyl (C=O) groups is 5. The van der Waals surface area contributed by atoms with Crippen molar-refractivity contribution in [1.82, 2.24) is 16.0 Å². The molecule has 0 saturated carbocycles. The maximum atomic E-state index is 12.2. The summed E-state index contributed by atoms with van der Waals surface area (Å²) in [5.74, 6) is -4.59. The Morgan fingerprint density at radius 1 is 1.00 bits per heavy atom. The van der Waals surface area contributed by atoms with Crippen LogP contribution < -0.4 is 27.4 Å². The first kappa shape index (κ1) is 25.3. The van der Waals surface area contributed by atoms with E-state index in [1.54, 1.807) is 13.8 Å². The third-order valence-corrected chi connectivity index (χ3v) is 3.82. The zero-order chi connectivity index (χ0) is 22.0. The summed E-state index contributed by atoms with van der Waals surface area (Å²) in [6, 6.07) is -3.72. The Hall–Kier alpha value is -2.73. The first-order valence-corrected chi connectivity index (χ1v) is 8.69. The summed E-state index contributed by atoms with van der Waals surface area (Å²) in [4.78, 5) is 57.9. The SMILES string of the molecule is CC(C)C(N)C(=O)NCC(=O)NC(C(=O)NC(CCC(N)=O)C(=O)O)C(C)O. The van der Waals surface area contributed by atoms with E-state index in [2.05, 4.69) is 16.0 Å². The lowest BCUT2D eigenvalue weighted by molar-refractivity contribution is -0.143. The number of hydrogen-bond acceptors (Lipinski definition) is 7. The molecular formula is C16H29N5O7. The fourth-order valence-electron chi connectivity index (χ4n) is 2.02. The standard InChI is InChI=1S/C16H29N5O7/c1-7(2)12(18)14(25)19-6-11(24)21-13(8(3)22)15(26)20-9(16(27)28)4-5-10(17)23/h7-9,12-13,22H,4-6,18H2,1-3H3,(H2,17,23)(H,19,25)(H,20,26)(H,21,24)(H,27,28). The van der Waals surface area contributed by atoms with Crippen LogP contribution in [0.1, 0.15) is 33.6 Å². The number of primary amides is 1. The van der Waals surface area contributed by atoms with Crippen LogP contribution in [0.4, 0.5) is 0 Å². The Morgan fingerprint density at radius 2 is 1.57 bits per heavy atom. The molecule has 4 amide bonds. The topological polar surface area (TPSA) is 214 Å². The quantitative estimate of drug-likeness (QED) is 0.175. The van der Waals surface area contributed by atoms with Gasteiger partial charge in [0.15, 0.2) is 0 Å². The van der Waals surface area contributed by atoms with Crippen LogP contribution in [-0.2, 0) is 24.0 Å². The molecule has 0 aromatic rings. The minimum atomic E-state index is -1.47. The van der Waals surface area contributed by atoms with Crippen molar-refractivity contribution in [1.29, 1.82) is 0 Å². The number of amides is 4. The number of nitrogens with two attached hydrogens (primary N) is 2.